The van der Waals surface area contributed by atoms with Crippen LogP contribution in [0.15, 0.2) is 29.2 Å². The molecule has 82 valence electrons. The first kappa shape index (κ1) is 10.9. The molecule has 1 unspecified atom stereocenters. The quantitative estimate of drug-likeness (QED) is 0.854. The van der Waals surface area contributed by atoms with Crippen molar-refractivity contribution in [1.29, 1.82) is 0 Å². The highest BCUT2D eigenvalue weighted by Crippen LogP contribution is 2.35. The van der Waals surface area contributed by atoms with Crippen LogP contribution in [-0.2, 0) is 0 Å². The van der Waals surface area contributed by atoms with Gasteiger partial charge >= 0.3 is 0 Å². The van der Waals surface area contributed by atoms with E-state index in [1.165, 1.54) is 4.90 Å². The fraction of sp³-hybridized carbons (Fsp3) is 0.455. The largest absolute Gasteiger partial charge is 0.304 e. The summed E-state index contributed by atoms with van der Waals surface area (Å²) in [5.41, 5.74) is 1.16. The Labute approximate surface area is 92.3 Å². The van der Waals surface area contributed by atoms with E-state index in [4.69, 9.17) is 0 Å². The molecule has 1 aliphatic rings. The molecule has 0 radical (unpaired) electrons. The van der Waals surface area contributed by atoms with E-state index in [1.54, 1.807) is 11.8 Å². The summed E-state index contributed by atoms with van der Waals surface area (Å²) in [4.78, 5) is 1.22. The Morgan fingerprint density at radius 1 is 1.40 bits per heavy atom. The minimum absolute atomic E-state index is 0.0939. The molecule has 0 saturated carbocycles. The van der Waals surface area contributed by atoms with Crippen LogP contribution in [0.4, 0.5) is 8.78 Å². The molecule has 0 spiro atoms. The molecule has 1 heterocycles. The first-order valence-corrected chi connectivity index (χ1v) is 5.99. The summed E-state index contributed by atoms with van der Waals surface area (Å²) in [5.74, 6) is 0.998. The van der Waals surface area contributed by atoms with Crippen molar-refractivity contribution in [3.8, 4) is 0 Å². The molecule has 0 fully saturated rings. The van der Waals surface area contributed by atoms with Gasteiger partial charge in [0.15, 0.2) is 0 Å². The average molecular weight is 229 g/mol. The van der Waals surface area contributed by atoms with Crippen LogP contribution in [-0.4, -0.2) is 18.7 Å². The van der Waals surface area contributed by atoms with Crippen molar-refractivity contribution in [3.63, 3.8) is 0 Å². The smallest absolute Gasteiger partial charge is 0.250 e. The lowest BCUT2D eigenvalue weighted by atomic mass is 10.0. The van der Waals surface area contributed by atoms with Gasteiger partial charge in [-0.25, -0.2) is 8.78 Å². The number of fused-ring (bicyclic) bond motifs is 1. The number of rotatable bonds is 3. The maximum Gasteiger partial charge on any atom is 0.250 e. The van der Waals surface area contributed by atoms with Gasteiger partial charge in [0.05, 0.1) is 6.54 Å². The van der Waals surface area contributed by atoms with Gasteiger partial charge in [-0.1, -0.05) is 18.2 Å². The molecule has 1 aromatic carbocycles. The number of nitrogens with one attached hydrogen (secondary N) is 1. The molecule has 1 atom stereocenters. The van der Waals surface area contributed by atoms with Crippen molar-refractivity contribution >= 4 is 11.8 Å². The topological polar surface area (TPSA) is 12.0 Å². The molecule has 4 heteroatoms. The van der Waals surface area contributed by atoms with Gasteiger partial charge in [0.1, 0.15) is 0 Å². The van der Waals surface area contributed by atoms with Gasteiger partial charge in [0.2, 0.25) is 0 Å². The third-order valence-electron chi connectivity index (χ3n) is 2.48. The Bertz CT molecular complexity index is 330. The lowest BCUT2D eigenvalue weighted by Crippen LogP contribution is -2.28. The molecule has 0 bridgehead atoms. The molecule has 15 heavy (non-hydrogen) atoms. The van der Waals surface area contributed by atoms with E-state index in [-0.39, 0.29) is 12.6 Å². The van der Waals surface area contributed by atoms with Crippen LogP contribution >= 0.6 is 11.8 Å². The highest BCUT2D eigenvalue weighted by Gasteiger charge is 2.20. The summed E-state index contributed by atoms with van der Waals surface area (Å²) in [6.07, 6.45) is -1.35. The number of alkyl halides is 2. The van der Waals surface area contributed by atoms with Crippen molar-refractivity contribution in [3.05, 3.63) is 29.8 Å². The number of thioether (sulfide) groups is 1. The van der Waals surface area contributed by atoms with E-state index < -0.39 is 6.43 Å². The molecule has 1 nitrogen and oxygen atoms in total. The average Bonchev–Trinajstić information content (AvgIpc) is 2.26. The SMILES string of the molecule is FC(F)CNC1CCSc2ccccc21. The minimum Gasteiger partial charge on any atom is -0.304 e. The van der Waals surface area contributed by atoms with E-state index in [1.807, 2.05) is 18.2 Å². The Kier molecular flexibility index (Phi) is 3.59. The van der Waals surface area contributed by atoms with Crippen LogP contribution in [0.2, 0.25) is 0 Å². The highest BCUT2D eigenvalue weighted by molar-refractivity contribution is 7.99. The second kappa shape index (κ2) is 4.94. The van der Waals surface area contributed by atoms with Crippen LogP contribution in [0.1, 0.15) is 18.0 Å². The molecule has 0 saturated heterocycles. The van der Waals surface area contributed by atoms with Gasteiger partial charge in [0.25, 0.3) is 6.43 Å². The maximum atomic E-state index is 12.1. The summed E-state index contributed by atoms with van der Waals surface area (Å²) in [7, 11) is 0. The zero-order chi connectivity index (χ0) is 10.7. The molecule has 0 amide bonds. The van der Waals surface area contributed by atoms with Gasteiger partial charge in [-0.15, -0.1) is 11.8 Å². The van der Waals surface area contributed by atoms with Gasteiger partial charge in [-0.3, -0.25) is 0 Å². The van der Waals surface area contributed by atoms with Gasteiger partial charge in [-0.2, -0.15) is 0 Å². The molecular formula is C11H13F2NS. The van der Waals surface area contributed by atoms with Gasteiger partial charge in [0, 0.05) is 10.9 Å². The third kappa shape index (κ3) is 2.69. The normalized spacial score (nSPS) is 20.3. The van der Waals surface area contributed by atoms with Crippen LogP contribution in [0, 0.1) is 0 Å². The van der Waals surface area contributed by atoms with E-state index in [9.17, 15) is 8.78 Å². The Morgan fingerprint density at radius 2 is 2.20 bits per heavy atom. The zero-order valence-electron chi connectivity index (χ0n) is 8.25. The van der Waals surface area contributed by atoms with Gasteiger partial charge in [-0.05, 0) is 23.8 Å². The van der Waals surface area contributed by atoms with Crippen LogP contribution in [0.25, 0.3) is 0 Å². The summed E-state index contributed by atoms with van der Waals surface area (Å²) < 4.78 is 24.2. The monoisotopic (exact) mass is 229 g/mol. The second-order valence-electron chi connectivity index (χ2n) is 3.53. The number of hydrogen-bond donors (Lipinski definition) is 1. The Hall–Kier alpha value is -0.610. The van der Waals surface area contributed by atoms with Crippen molar-refractivity contribution in [2.45, 2.75) is 23.8 Å². The van der Waals surface area contributed by atoms with E-state index in [0.29, 0.717) is 0 Å². The fourth-order valence-corrected chi connectivity index (χ4v) is 2.91. The minimum atomic E-state index is -2.27. The molecule has 0 aliphatic carbocycles. The molecule has 2 rings (SSSR count). The summed E-state index contributed by atoms with van der Waals surface area (Å²) in [6, 6.07) is 8.11. The number of hydrogen-bond acceptors (Lipinski definition) is 2. The second-order valence-corrected chi connectivity index (χ2v) is 4.66. The predicted octanol–water partition coefficient (Wildman–Crippen LogP) is 3.08. The molecule has 1 N–H and O–H groups in total. The molecular weight excluding hydrogens is 216 g/mol. The molecule has 1 aromatic rings. The van der Waals surface area contributed by atoms with Crippen LogP contribution < -0.4 is 5.32 Å². The van der Waals surface area contributed by atoms with E-state index in [2.05, 4.69) is 11.4 Å². The first-order valence-electron chi connectivity index (χ1n) is 5.00. The third-order valence-corrected chi connectivity index (χ3v) is 3.60. The number of benzene rings is 1. The van der Waals surface area contributed by atoms with Crippen molar-refractivity contribution in [2.75, 3.05) is 12.3 Å². The summed E-state index contributed by atoms with van der Waals surface area (Å²) in [5, 5.41) is 2.91. The highest BCUT2D eigenvalue weighted by atomic mass is 32.2. The first-order chi connectivity index (χ1) is 7.27. The van der Waals surface area contributed by atoms with E-state index in [0.717, 1.165) is 17.7 Å². The summed E-state index contributed by atoms with van der Waals surface area (Å²) in [6.45, 7) is -0.219. The Morgan fingerprint density at radius 3 is 3.00 bits per heavy atom. The van der Waals surface area contributed by atoms with E-state index >= 15 is 0 Å². The number of halogens is 2. The molecule has 1 aliphatic heterocycles. The predicted molar refractivity (Wildman–Crippen MR) is 58.5 cm³/mol. The standard InChI is InChI=1S/C11H13F2NS/c12-11(13)7-14-9-5-6-15-10-4-2-1-3-8(9)10/h1-4,9,11,14H,5-7H2. The Balaban J connectivity index is 2.08. The van der Waals surface area contributed by atoms with Crippen molar-refractivity contribution in [1.82, 2.24) is 5.32 Å². The lowest BCUT2D eigenvalue weighted by molar-refractivity contribution is 0.140. The van der Waals surface area contributed by atoms with Crippen molar-refractivity contribution in [2.24, 2.45) is 0 Å². The maximum absolute atomic E-state index is 12.1. The lowest BCUT2D eigenvalue weighted by Gasteiger charge is -2.25. The molecule has 0 aromatic heterocycles. The zero-order valence-corrected chi connectivity index (χ0v) is 9.07. The van der Waals surface area contributed by atoms with Crippen molar-refractivity contribution < 1.29 is 8.78 Å². The van der Waals surface area contributed by atoms with Gasteiger partial charge < -0.3 is 5.32 Å². The fourth-order valence-electron chi connectivity index (χ4n) is 1.79. The summed E-state index contributed by atoms with van der Waals surface area (Å²) >= 11 is 1.80. The van der Waals surface area contributed by atoms with Crippen LogP contribution in [0.5, 0.6) is 0 Å². The van der Waals surface area contributed by atoms with Crippen LogP contribution in [0.3, 0.4) is 0 Å².